The number of carboxylic acids is 1. The van der Waals surface area contributed by atoms with Gasteiger partial charge in [0.2, 0.25) is 5.91 Å². The number of hydrogen-bond donors (Lipinski definition) is 2. The molecule has 6 heteroatoms. The number of aliphatic carboxylic acids is 1. The zero-order chi connectivity index (χ0) is 15.2. The summed E-state index contributed by atoms with van der Waals surface area (Å²) in [5.41, 5.74) is 1.03. The van der Waals surface area contributed by atoms with Crippen molar-refractivity contribution >= 4 is 11.9 Å². The summed E-state index contributed by atoms with van der Waals surface area (Å²) in [6.07, 6.45) is -0.178. The van der Waals surface area contributed by atoms with E-state index in [0.29, 0.717) is 26.2 Å². The lowest BCUT2D eigenvalue weighted by Crippen LogP contribution is -2.55. The van der Waals surface area contributed by atoms with Gasteiger partial charge in [-0.2, -0.15) is 0 Å². The Labute approximate surface area is 123 Å². The Morgan fingerprint density at radius 1 is 1.43 bits per heavy atom. The van der Waals surface area contributed by atoms with Gasteiger partial charge in [-0.1, -0.05) is 12.1 Å². The van der Waals surface area contributed by atoms with Crippen LogP contribution in [0.2, 0.25) is 0 Å². The van der Waals surface area contributed by atoms with Crippen molar-refractivity contribution in [3.63, 3.8) is 0 Å². The summed E-state index contributed by atoms with van der Waals surface area (Å²) >= 11 is 0. The van der Waals surface area contributed by atoms with E-state index in [-0.39, 0.29) is 12.3 Å². The Morgan fingerprint density at radius 2 is 2.14 bits per heavy atom. The monoisotopic (exact) mass is 292 g/mol. The molecule has 1 heterocycles. The Hall–Kier alpha value is -2.08. The molecule has 0 saturated carbocycles. The second-order valence-corrected chi connectivity index (χ2v) is 4.95. The minimum absolute atomic E-state index is 0.178. The van der Waals surface area contributed by atoms with Crippen LogP contribution in [-0.2, 0) is 16.1 Å². The van der Waals surface area contributed by atoms with Crippen LogP contribution in [0, 0.1) is 0 Å². The molecule has 2 rings (SSSR count). The minimum atomic E-state index is -0.964. The van der Waals surface area contributed by atoms with E-state index in [1.165, 1.54) is 0 Å². The maximum Gasteiger partial charge on any atom is 0.305 e. The quantitative estimate of drug-likeness (QED) is 0.813. The van der Waals surface area contributed by atoms with Crippen molar-refractivity contribution in [1.82, 2.24) is 10.2 Å². The van der Waals surface area contributed by atoms with Crippen molar-refractivity contribution < 1.29 is 19.4 Å². The van der Waals surface area contributed by atoms with Crippen molar-refractivity contribution in [3.05, 3.63) is 29.8 Å². The lowest BCUT2D eigenvalue weighted by molar-refractivity contribution is -0.143. The van der Waals surface area contributed by atoms with Crippen molar-refractivity contribution in [2.24, 2.45) is 0 Å². The summed E-state index contributed by atoms with van der Waals surface area (Å²) in [7, 11) is 0. The van der Waals surface area contributed by atoms with Crippen molar-refractivity contribution in [2.75, 3.05) is 19.7 Å². The maximum absolute atomic E-state index is 11.8. The first-order valence-electron chi connectivity index (χ1n) is 7.05. The van der Waals surface area contributed by atoms with Gasteiger partial charge in [0.1, 0.15) is 11.8 Å². The molecule has 0 spiro atoms. The van der Waals surface area contributed by atoms with Crippen LogP contribution in [0.1, 0.15) is 18.9 Å². The standard InChI is InChI=1S/C15H20N2O4/c1-2-21-12-5-3-11(4-6-12)10-17-8-7-16-15(20)13(17)9-14(18)19/h3-6,13H,2,7-10H2,1H3,(H,16,20)(H,18,19)/t13-/m0/s1. The number of carboxylic acid groups (broad SMARTS) is 1. The van der Waals surface area contributed by atoms with Gasteiger partial charge in [0.05, 0.1) is 13.0 Å². The fourth-order valence-electron chi connectivity index (χ4n) is 2.43. The molecular formula is C15H20N2O4. The second-order valence-electron chi connectivity index (χ2n) is 4.95. The Bertz CT molecular complexity index is 501. The molecule has 1 atom stereocenters. The molecule has 2 N–H and O–H groups in total. The molecule has 1 fully saturated rings. The van der Waals surface area contributed by atoms with E-state index in [4.69, 9.17) is 9.84 Å². The summed E-state index contributed by atoms with van der Waals surface area (Å²) in [5.74, 6) is -0.372. The smallest absolute Gasteiger partial charge is 0.305 e. The fourth-order valence-corrected chi connectivity index (χ4v) is 2.43. The molecule has 1 aromatic carbocycles. The average molecular weight is 292 g/mol. The summed E-state index contributed by atoms with van der Waals surface area (Å²) in [6, 6.07) is 7.04. The number of piperazine rings is 1. The van der Waals surface area contributed by atoms with E-state index in [9.17, 15) is 9.59 Å². The molecular weight excluding hydrogens is 272 g/mol. The SMILES string of the molecule is CCOc1ccc(CN2CCNC(=O)[C@@H]2CC(=O)O)cc1. The van der Waals surface area contributed by atoms with E-state index in [1.807, 2.05) is 36.1 Å². The van der Waals surface area contributed by atoms with Gasteiger partial charge in [0.15, 0.2) is 0 Å². The van der Waals surface area contributed by atoms with Crippen LogP contribution >= 0.6 is 0 Å². The summed E-state index contributed by atoms with van der Waals surface area (Å²) in [5, 5.41) is 11.7. The number of carbonyl (C=O) groups is 2. The Balaban J connectivity index is 2.04. The number of ether oxygens (including phenoxy) is 1. The highest BCUT2D eigenvalue weighted by Crippen LogP contribution is 2.17. The van der Waals surface area contributed by atoms with Crippen LogP contribution in [-0.4, -0.2) is 47.6 Å². The van der Waals surface area contributed by atoms with Crippen LogP contribution in [0.25, 0.3) is 0 Å². The van der Waals surface area contributed by atoms with E-state index in [0.717, 1.165) is 11.3 Å². The molecule has 1 aromatic rings. The van der Waals surface area contributed by atoms with E-state index in [1.54, 1.807) is 0 Å². The third kappa shape index (κ3) is 4.19. The Kier molecular flexibility index (Phi) is 5.16. The molecule has 21 heavy (non-hydrogen) atoms. The average Bonchev–Trinajstić information content (AvgIpc) is 2.45. The number of amides is 1. The number of nitrogens with one attached hydrogen (secondary N) is 1. The normalized spacial score (nSPS) is 19.1. The van der Waals surface area contributed by atoms with Crippen LogP contribution in [0.3, 0.4) is 0 Å². The summed E-state index contributed by atoms with van der Waals surface area (Å²) in [6.45, 7) is 4.30. The van der Waals surface area contributed by atoms with Gasteiger partial charge in [-0.05, 0) is 24.6 Å². The lowest BCUT2D eigenvalue weighted by Gasteiger charge is -2.34. The first-order valence-corrected chi connectivity index (χ1v) is 7.05. The lowest BCUT2D eigenvalue weighted by atomic mass is 10.1. The minimum Gasteiger partial charge on any atom is -0.494 e. The van der Waals surface area contributed by atoms with Crippen molar-refractivity contribution in [3.8, 4) is 5.75 Å². The topological polar surface area (TPSA) is 78.9 Å². The third-order valence-electron chi connectivity index (χ3n) is 3.43. The van der Waals surface area contributed by atoms with Gasteiger partial charge in [-0.3, -0.25) is 14.5 Å². The van der Waals surface area contributed by atoms with E-state index >= 15 is 0 Å². The molecule has 1 aliphatic rings. The van der Waals surface area contributed by atoms with E-state index in [2.05, 4.69) is 5.32 Å². The number of rotatable bonds is 6. The zero-order valence-corrected chi connectivity index (χ0v) is 12.0. The number of carbonyl (C=O) groups excluding carboxylic acids is 1. The van der Waals surface area contributed by atoms with E-state index < -0.39 is 12.0 Å². The van der Waals surface area contributed by atoms with Crippen molar-refractivity contribution in [2.45, 2.75) is 25.9 Å². The fraction of sp³-hybridized carbons (Fsp3) is 0.467. The third-order valence-corrected chi connectivity index (χ3v) is 3.43. The van der Waals surface area contributed by atoms with Gasteiger partial charge in [-0.25, -0.2) is 0 Å². The van der Waals surface area contributed by atoms with Gasteiger partial charge in [0, 0.05) is 19.6 Å². The molecule has 0 unspecified atom stereocenters. The highest BCUT2D eigenvalue weighted by molar-refractivity contribution is 5.86. The van der Waals surface area contributed by atoms with Crippen LogP contribution in [0.5, 0.6) is 5.75 Å². The first kappa shape index (κ1) is 15.3. The predicted molar refractivity (Wildman–Crippen MR) is 77.1 cm³/mol. The van der Waals surface area contributed by atoms with Crippen LogP contribution in [0.4, 0.5) is 0 Å². The number of hydrogen-bond acceptors (Lipinski definition) is 4. The number of benzene rings is 1. The summed E-state index contributed by atoms with van der Waals surface area (Å²) < 4.78 is 5.39. The predicted octanol–water partition coefficient (Wildman–Crippen LogP) is 0.860. The van der Waals surface area contributed by atoms with Crippen LogP contribution < -0.4 is 10.1 Å². The molecule has 1 amide bonds. The molecule has 0 aromatic heterocycles. The second kappa shape index (κ2) is 7.08. The zero-order valence-electron chi connectivity index (χ0n) is 12.0. The Morgan fingerprint density at radius 3 is 2.76 bits per heavy atom. The molecule has 0 aliphatic carbocycles. The molecule has 1 aliphatic heterocycles. The van der Waals surface area contributed by atoms with Gasteiger partial charge >= 0.3 is 5.97 Å². The molecule has 114 valence electrons. The largest absolute Gasteiger partial charge is 0.494 e. The molecule has 1 saturated heterocycles. The van der Waals surface area contributed by atoms with Crippen LogP contribution in [0.15, 0.2) is 24.3 Å². The molecule has 6 nitrogen and oxygen atoms in total. The summed E-state index contributed by atoms with van der Waals surface area (Å²) in [4.78, 5) is 24.6. The van der Waals surface area contributed by atoms with Crippen molar-refractivity contribution in [1.29, 1.82) is 0 Å². The number of nitrogens with zero attached hydrogens (tertiary/aromatic N) is 1. The maximum atomic E-state index is 11.8. The highest BCUT2D eigenvalue weighted by Gasteiger charge is 2.31. The highest BCUT2D eigenvalue weighted by atomic mass is 16.5. The molecule has 0 bridgehead atoms. The molecule has 0 radical (unpaired) electrons. The van der Waals surface area contributed by atoms with Gasteiger partial charge in [-0.15, -0.1) is 0 Å². The van der Waals surface area contributed by atoms with Gasteiger partial charge in [0.25, 0.3) is 0 Å². The van der Waals surface area contributed by atoms with Gasteiger partial charge < -0.3 is 15.2 Å². The first-order chi connectivity index (χ1) is 10.1.